The number of aliphatic hydroxyl groups excluding tert-OH is 1. The van der Waals surface area contributed by atoms with Gasteiger partial charge in [0, 0.05) is 7.05 Å². The third-order valence-corrected chi connectivity index (χ3v) is 4.23. The van der Waals surface area contributed by atoms with Gasteiger partial charge in [0.2, 0.25) is 0 Å². The summed E-state index contributed by atoms with van der Waals surface area (Å²) >= 11 is 0. The molecular formula is C18H23N3O3. The average molecular weight is 329 g/mol. The molecule has 1 aromatic heterocycles. The van der Waals surface area contributed by atoms with Gasteiger partial charge in [-0.05, 0) is 37.0 Å². The number of amides is 1. The number of aromatic nitrogens is 2. The van der Waals surface area contributed by atoms with Crippen LogP contribution < -0.4 is 10.9 Å². The van der Waals surface area contributed by atoms with E-state index < -0.39 is 17.5 Å². The number of rotatable bonds is 5. The number of hydrogen-bond acceptors (Lipinski definition) is 4. The maximum atomic E-state index is 12.6. The second kappa shape index (κ2) is 7.40. The average Bonchev–Trinajstić information content (AvgIpc) is 2.58. The van der Waals surface area contributed by atoms with Crippen molar-refractivity contribution in [3.63, 3.8) is 0 Å². The minimum atomic E-state index is -0.569. The first kappa shape index (κ1) is 17.9. The SMILES string of the molecule is CCc1ccc(C(CO)NC(=O)c2c(C)c(C)nn(C)c2=O)cc1. The van der Waals surface area contributed by atoms with E-state index in [1.54, 1.807) is 13.8 Å². The lowest BCUT2D eigenvalue weighted by Gasteiger charge is -2.18. The van der Waals surface area contributed by atoms with Crippen LogP contribution in [-0.4, -0.2) is 27.4 Å². The first-order valence-corrected chi connectivity index (χ1v) is 7.94. The largest absolute Gasteiger partial charge is 0.394 e. The summed E-state index contributed by atoms with van der Waals surface area (Å²) < 4.78 is 1.15. The van der Waals surface area contributed by atoms with Crippen LogP contribution in [0.5, 0.6) is 0 Å². The van der Waals surface area contributed by atoms with E-state index in [4.69, 9.17) is 0 Å². The second-order valence-corrected chi connectivity index (χ2v) is 5.82. The van der Waals surface area contributed by atoms with Gasteiger partial charge in [-0.3, -0.25) is 9.59 Å². The van der Waals surface area contributed by atoms with Crippen molar-refractivity contribution in [1.82, 2.24) is 15.1 Å². The number of carbonyl (C=O) groups is 1. The predicted molar refractivity (Wildman–Crippen MR) is 92.1 cm³/mol. The number of hydrogen-bond donors (Lipinski definition) is 2. The van der Waals surface area contributed by atoms with Gasteiger partial charge < -0.3 is 10.4 Å². The lowest BCUT2D eigenvalue weighted by Crippen LogP contribution is -2.37. The van der Waals surface area contributed by atoms with Gasteiger partial charge in [0.15, 0.2) is 0 Å². The molecule has 0 saturated carbocycles. The third-order valence-electron chi connectivity index (χ3n) is 4.23. The summed E-state index contributed by atoms with van der Waals surface area (Å²) in [4.78, 5) is 24.8. The molecule has 0 aliphatic heterocycles. The lowest BCUT2D eigenvalue weighted by atomic mass is 10.0. The van der Waals surface area contributed by atoms with Gasteiger partial charge >= 0.3 is 0 Å². The highest BCUT2D eigenvalue weighted by molar-refractivity contribution is 5.95. The minimum Gasteiger partial charge on any atom is -0.394 e. The molecule has 1 atom stereocenters. The molecule has 128 valence electrons. The first-order chi connectivity index (χ1) is 11.4. The van der Waals surface area contributed by atoms with Gasteiger partial charge in [0.05, 0.1) is 18.3 Å². The highest BCUT2D eigenvalue weighted by Crippen LogP contribution is 2.15. The van der Waals surface area contributed by atoms with E-state index in [-0.39, 0.29) is 12.2 Å². The molecule has 2 N–H and O–H groups in total. The number of nitrogens with one attached hydrogen (secondary N) is 1. The van der Waals surface area contributed by atoms with Crippen LogP contribution in [0.1, 0.15) is 45.7 Å². The Morgan fingerprint density at radius 2 is 1.92 bits per heavy atom. The quantitative estimate of drug-likeness (QED) is 0.869. The molecule has 1 amide bonds. The minimum absolute atomic E-state index is 0.0635. The molecule has 6 nitrogen and oxygen atoms in total. The fraction of sp³-hybridized carbons (Fsp3) is 0.389. The normalized spacial score (nSPS) is 12.0. The number of nitrogens with zero attached hydrogens (tertiary/aromatic N) is 2. The Hall–Kier alpha value is -2.47. The zero-order chi connectivity index (χ0) is 17.9. The van der Waals surface area contributed by atoms with Crippen molar-refractivity contribution < 1.29 is 9.90 Å². The molecule has 24 heavy (non-hydrogen) atoms. The van der Waals surface area contributed by atoms with Crippen molar-refractivity contribution in [3.05, 3.63) is 62.6 Å². The van der Waals surface area contributed by atoms with Crippen molar-refractivity contribution in [2.24, 2.45) is 7.05 Å². The molecule has 0 spiro atoms. The van der Waals surface area contributed by atoms with Gasteiger partial charge in [-0.25, -0.2) is 4.68 Å². The van der Waals surface area contributed by atoms with Crippen LogP contribution in [0.2, 0.25) is 0 Å². The Balaban J connectivity index is 2.31. The molecule has 2 rings (SSSR count). The Morgan fingerprint density at radius 3 is 2.46 bits per heavy atom. The van der Waals surface area contributed by atoms with E-state index in [0.717, 1.165) is 16.7 Å². The molecule has 0 fully saturated rings. The zero-order valence-corrected chi connectivity index (χ0v) is 14.5. The van der Waals surface area contributed by atoms with Crippen molar-refractivity contribution in [1.29, 1.82) is 0 Å². The van der Waals surface area contributed by atoms with Crippen LogP contribution in [0.3, 0.4) is 0 Å². The highest BCUT2D eigenvalue weighted by atomic mass is 16.3. The lowest BCUT2D eigenvalue weighted by molar-refractivity contribution is 0.0913. The Morgan fingerprint density at radius 1 is 1.29 bits per heavy atom. The Labute approximate surface area is 141 Å². The van der Waals surface area contributed by atoms with E-state index in [2.05, 4.69) is 17.3 Å². The molecule has 1 heterocycles. The van der Waals surface area contributed by atoms with Gasteiger partial charge in [-0.15, -0.1) is 0 Å². The maximum absolute atomic E-state index is 12.6. The van der Waals surface area contributed by atoms with Gasteiger partial charge in [-0.1, -0.05) is 31.2 Å². The fourth-order valence-corrected chi connectivity index (χ4v) is 2.57. The number of aryl methyl sites for hydroxylation is 3. The maximum Gasteiger partial charge on any atom is 0.279 e. The van der Waals surface area contributed by atoms with E-state index in [9.17, 15) is 14.7 Å². The van der Waals surface area contributed by atoms with Crippen molar-refractivity contribution in [3.8, 4) is 0 Å². The van der Waals surface area contributed by atoms with Crippen LogP contribution in [-0.2, 0) is 13.5 Å². The van der Waals surface area contributed by atoms with E-state index in [0.29, 0.717) is 11.3 Å². The number of carbonyl (C=O) groups excluding carboxylic acids is 1. The molecule has 2 aromatic rings. The number of aliphatic hydroxyl groups is 1. The van der Waals surface area contributed by atoms with Crippen molar-refractivity contribution in [2.45, 2.75) is 33.2 Å². The smallest absolute Gasteiger partial charge is 0.279 e. The van der Waals surface area contributed by atoms with Gasteiger partial charge in [0.1, 0.15) is 5.56 Å². The standard InChI is InChI=1S/C18H23N3O3/c1-5-13-6-8-14(9-7-13)15(10-22)19-17(23)16-11(2)12(3)20-21(4)18(16)24/h6-9,15,22H,5,10H2,1-4H3,(H,19,23). The van der Waals surface area contributed by atoms with E-state index in [1.165, 1.54) is 12.6 Å². The van der Waals surface area contributed by atoms with Crippen molar-refractivity contribution in [2.75, 3.05) is 6.61 Å². The summed E-state index contributed by atoms with van der Waals surface area (Å²) in [6.07, 6.45) is 0.919. The molecule has 0 radical (unpaired) electrons. The summed E-state index contributed by atoms with van der Waals surface area (Å²) in [6, 6.07) is 7.11. The molecule has 0 bridgehead atoms. The van der Waals surface area contributed by atoms with Crippen LogP contribution in [0.4, 0.5) is 0 Å². The predicted octanol–water partition coefficient (Wildman–Crippen LogP) is 1.42. The van der Waals surface area contributed by atoms with E-state index in [1.807, 2.05) is 24.3 Å². The molecule has 6 heteroatoms. The fourth-order valence-electron chi connectivity index (χ4n) is 2.57. The second-order valence-electron chi connectivity index (χ2n) is 5.82. The number of benzene rings is 1. The Kier molecular flexibility index (Phi) is 5.51. The van der Waals surface area contributed by atoms with Crippen molar-refractivity contribution >= 4 is 5.91 Å². The summed E-state index contributed by atoms with van der Waals surface area (Å²) in [5.74, 6) is -0.503. The van der Waals surface area contributed by atoms with Gasteiger partial charge in [0.25, 0.3) is 11.5 Å². The van der Waals surface area contributed by atoms with Crippen LogP contribution in [0, 0.1) is 13.8 Å². The Bertz CT molecular complexity index is 794. The topological polar surface area (TPSA) is 84.2 Å². The first-order valence-electron chi connectivity index (χ1n) is 7.94. The third kappa shape index (κ3) is 3.54. The summed E-state index contributed by atoms with van der Waals surface area (Å²) in [7, 11) is 1.51. The molecule has 0 aliphatic rings. The monoisotopic (exact) mass is 329 g/mol. The summed E-state index contributed by atoms with van der Waals surface area (Å²) in [6.45, 7) is 5.26. The van der Waals surface area contributed by atoms with E-state index >= 15 is 0 Å². The molecular weight excluding hydrogens is 306 g/mol. The molecule has 0 saturated heterocycles. The van der Waals surface area contributed by atoms with Crippen LogP contribution in [0.25, 0.3) is 0 Å². The van der Waals surface area contributed by atoms with Crippen LogP contribution in [0.15, 0.2) is 29.1 Å². The zero-order valence-electron chi connectivity index (χ0n) is 14.5. The van der Waals surface area contributed by atoms with Gasteiger partial charge in [-0.2, -0.15) is 5.10 Å². The summed E-state index contributed by atoms with van der Waals surface area (Å²) in [5, 5.41) is 16.4. The molecule has 1 aromatic carbocycles. The highest BCUT2D eigenvalue weighted by Gasteiger charge is 2.21. The molecule has 0 aliphatic carbocycles. The molecule has 1 unspecified atom stereocenters. The summed E-state index contributed by atoms with van der Waals surface area (Å²) in [5.41, 5.74) is 2.76. The van der Waals surface area contributed by atoms with Crippen LogP contribution >= 0.6 is 0 Å².